The Labute approximate surface area is 157 Å². The Hall–Kier alpha value is -2.92. The average Bonchev–Trinajstić information content (AvgIpc) is 2.69. The highest BCUT2D eigenvalue weighted by Crippen LogP contribution is 2.14. The normalized spacial score (nSPS) is 15.2. The van der Waals surface area contributed by atoms with Gasteiger partial charge in [-0.05, 0) is 24.6 Å². The number of benzene rings is 2. The second-order valence-electron chi connectivity index (χ2n) is 7.13. The van der Waals surface area contributed by atoms with Crippen molar-refractivity contribution in [1.82, 2.24) is 4.90 Å². The number of carbonyl (C=O) groups is 1. The van der Waals surface area contributed by atoms with Crippen LogP contribution in [0.25, 0.3) is 11.0 Å². The summed E-state index contributed by atoms with van der Waals surface area (Å²) in [4.78, 5) is 28.3. The van der Waals surface area contributed by atoms with E-state index in [0.29, 0.717) is 18.7 Å². The zero-order chi connectivity index (χ0) is 18.8. The molecule has 1 aromatic heterocycles. The molecule has 0 unspecified atom stereocenters. The van der Waals surface area contributed by atoms with Crippen molar-refractivity contribution in [2.24, 2.45) is 0 Å². The Morgan fingerprint density at radius 1 is 1.07 bits per heavy atom. The first-order valence-corrected chi connectivity index (χ1v) is 9.32. The van der Waals surface area contributed by atoms with Crippen LogP contribution >= 0.6 is 0 Å². The number of nitrogens with zero attached hydrogens (tertiary/aromatic N) is 1. The lowest BCUT2D eigenvalue weighted by Crippen LogP contribution is -3.13. The van der Waals surface area contributed by atoms with Gasteiger partial charge in [0.1, 0.15) is 17.7 Å². The van der Waals surface area contributed by atoms with Crippen molar-refractivity contribution in [3.8, 4) is 0 Å². The second-order valence-corrected chi connectivity index (χ2v) is 7.13. The van der Waals surface area contributed by atoms with E-state index in [1.165, 1.54) is 16.0 Å². The third-order valence-corrected chi connectivity index (χ3v) is 5.33. The molecule has 0 aliphatic carbocycles. The minimum absolute atomic E-state index is 0.121. The number of fused-ring (bicyclic) bond motifs is 1. The molecule has 5 heteroatoms. The fraction of sp³-hybridized carbons (Fsp3) is 0.273. The summed E-state index contributed by atoms with van der Waals surface area (Å²) in [5, 5.41) is 0.768. The van der Waals surface area contributed by atoms with E-state index in [0.717, 1.165) is 25.0 Å². The molecule has 3 aromatic rings. The predicted octanol–water partition coefficient (Wildman–Crippen LogP) is 1.64. The summed E-state index contributed by atoms with van der Waals surface area (Å²) in [5.74, 6) is -0.232. The van der Waals surface area contributed by atoms with Gasteiger partial charge in [0.25, 0.3) is 5.91 Å². The van der Waals surface area contributed by atoms with Crippen LogP contribution in [0.2, 0.25) is 0 Å². The van der Waals surface area contributed by atoms with Crippen molar-refractivity contribution < 1.29 is 14.1 Å². The first kappa shape index (κ1) is 17.5. The molecule has 0 atom stereocenters. The molecule has 2 heterocycles. The Balaban J connectivity index is 1.45. The van der Waals surface area contributed by atoms with Crippen LogP contribution in [0.5, 0.6) is 0 Å². The maximum atomic E-state index is 12.8. The molecular weight excluding hydrogens is 340 g/mol. The minimum Gasteiger partial charge on any atom is -0.422 e. The first-order valence-electron chi connectivity index (χ1n) is 9.32. The summed E-state index contributed by atoms with van der Waals surface area (Å²) in [6.45, 7) is 6.14. The highest BCUT2D eigenvalue weighted by molar-refractivity contribution is 5.96. The van der Waals surface area contributed by atoms with Crippen LogP contribution in [0.1, 0.15) is 21.5 Å². The van der Waals surface area contributed by atoms with Crippen LogP contribution in [-0.2, 0) is 6.54 Å². The Morgan fingerprint density at radius 3 is 2.56 bits per heavy atom. The molecule has 0 radical (unpaired) electrons. The summed E-state index contributed by atoms with van der Waals surface area (Å²) in [6.07, 6.45) is 0. The van der Waals surface area contributed by atoms with E-state index in [-0.39, 0.29) is 11.5 Å². The number of aryl methyl sites for hydroxylation is 1. The third-order valence-electron chi connectivity index (χ3n) is 5.33. The van der Waals surface area contributed by atoms with E-state index in [1.54, 1.807) is 17.0 Å². The van der Waals surface area contributed by atoms with Crippen molar-refractivity contribution in [3.05, 3.63) is 81.7 Å². The molecule has 1 N–H and O–H groups in total. The van der Waals surface area contributed by atoms with Crippen molar-refractivity contribution in [3.63, 3.8) is 0 Å². The highest BCUT2D eigenvalue weighted by atomic mass is 16.4. The van der Waals surface area contributed by atoms with Crippen LogP contribution < -0.4 is 10.5 Å². The summed E-state index contributed by atoms with van der Waals surface area (Å²) < 4.78 is 5.31. The molecule has 0 spiro atoms. The van der Waals surface area contributed by atoms with E-state index < -0.39 is 5.63 Å². The van der Waals surface area contributed by atoms with Crippen molar-refractivity contribution in [1.29, 1.82) is 0 Å². The Morgan fingerprint density at radius 2 is 1.78 bits per heavy atom. The zero-order valence-corrected chi connectivity index (χ0v) is 15.4. The SMILES string of the molecule is Cc1ccccc1C[NH+]1CCN(C(=O)c2cc3ccccc3oc2=O)CC1. The van der Waals surface area contributed by atoms with E-state index in [4.69, 9.17) is 4.42 Å². The zero-order valence-electron chi connectivity index (χ0n) is 15.4. The lowest BCUT2D eigenvalue weighted by atomic mass is 10.1. The minimum atomic E-state index is -0.562. The third kappa shape index (κ3) is 3.64. The quantitative estimate of drug-likeness (QED) is 0.720. The summed E-state index contributed by atoms with van der Waals surface area (Å²) >= 11 is 0. The van der Waals surface area contributed by atoms with Crippen LogP contribution in [-0.4, -0.2) is 37.0 Å². The molecular formula is C22H23N2O3+. The predicted molar refractivity (Wildman–Crippen MR) is 104 cm³/mol. The number of quaternary nitrogens is 1. The van der Waals surface area contributed by atoms with Crippen molar-refractivity contribution >= 4 is 16.9 Å². The molecule has 1 aliphatic rings. The Bertz CT molecular complexity index is 1030. The van der Waals surface area contributed by atoms with Gasteiger partial charge in [-0.3, -0.25) is 4.79 Å². The van der Waals surface area contributed by atoms with Gasteiger partial charge in [0, 0.05) is 10.9 Å². The number of hydrogen-bond donors (Lipinski definition) is 1. The fourth-order valence-corrected chi connectivity index (χ4v) is 3.66. The van der Waals surface area contributed by atoms with Crippen LogP contribution in [0.15, 0.2) is 63.8 Å². The van der Waals surface area contributed by atoms with Gasteiger partial charge in [-0.25, -0.2) is 4.79 Å². The monoisotopic (exact) mass is 363 g/mol. The largest absolute Gasteiger partial charge is 0.422 e. The van der Waals surface area contributed by atoms with Gasteiger partial charge in [-0.1, -0.05) is 42.5 Å². The summed E-state index contributed by atoms with van der Waals surface area (Å²) in [6, 6.07) is 17.3. The molecule has 0 saturated carbocycles. The standard InChI is InChI=1S/C22H22N2O3/c1-16-6-2-3-8-18(16)15-23-10-12-24(13-11-23)21(25)19-14-17-7-4-5-9-20(17)27-22(19)26/h2-9,14H,10-13,15H2,1H3/p+1. The molecule has 1 amide bonds. The number of hydrogen-bond acceptors (Lipinski definition) is 3. The Kier molecular flexibility index (Phi) is 4.77. The smallest absolute Gasteiger partial charge is 0.349 e. The van der Waals surface area contributed by atoms with Gasteiger partial charge in [0.05, 0.1) is 26.2 Å². The second kappa shape index (κ2) is 7.37. The molecule has 2 aromatic carbocycles. The van der Waals surface area contributed by atoms with Gasteiger partial charge in [0.15, 0.2) is 0 Å². The van der Waals surface area contributed by atoms with Crippen LogP contribution in [0.3, 0.4) is 0 Å². The number of para-hydroxylation sites is 1. The number of nitrogens with one attached hydrogen (secondary N) is 1. The molecule has 5 nitrogen and oxygen atoms in total. The molecule has 4 rings (SSSR count). The van der Waals surface area contributed by atoms with Gasteiger partial charge >= 0.3 is 5.63 Å². The fourth-order valence-electron chi connectivity index (χ4n) is 3.66. The maximum absolute atomic E-state index is 12.8. The van der Waals surface area contributed by atoms with E-state index in [9.17, 15) is 9.59 Å². The highest BCUT2D eigenvalue weighted by Gasteiger charge is 2.27. The van der Waals surface area contributed by atoms with Gasteiger partial charge < -0.3 is 14.2 Å². The van der Waals surface area contributed by atoms with Crippen molar-refractivity contribution in [2.45, 2.75) is 13.5 Å². The summed E-state index contributed by atoms with van der Waals surface area (Å²) in [7, 11) is 0. The summed E-state index contributed by atoms with van der Waals surface area (Å²) in [5.41, 5.74) is 2.72. The molecule has 1 fully saturated rings. The van der Waals surface area contributed by atoms with Crippen molar-refractivity contribution in [2.75, 3.05) is 26.2 Å². The van der Waals surface area contributed by atoms with Crippen LogP contribution in [0.4, 0.5) is 0 Å². The lowest BCUT2D eigenvalue weighted by Gasteiger charge is -2.32. The number of carbonyl (C=O) groups excluding carboxylic acids is 1. The lowest BCUT2D eigenvalue weighted by molar-refractivity contribution is -0.917. The molecule has 1 aliphatic heterocycles. The van der Waals surface area contributed by atoms with E-state index in [2.05, 4.69) is 31.2 Å². The van der Waals surface area contributed by atoms with Gasteiger partial charge in [-0.2, -0.15) is 0 Å². The molecule has 27 heavy (non-hydrogen) atoms. The average molecular weight is 363 g/mol. The number of piperazine rings is 1. The molecule has 0 bridgehead atoms. The van der Waals surface area contributed by atoms with E-state index >= 15 is 0 Å². The van der Waals surface area contributed by atoms with Gasteiger partial charge in [0.2, 0.25) is 0 Å². The topological polar surface area (TPSA) is 55.0 Å². The molecule has 1 saturated heterocycles. The van der Waals surface area contributed by atoms with E-state index in [1.807, 2.05) is 18.2 Å². The molecule has 138 valence electrons. The maximum Gasteiger partial charge on any atom is 0.349 e. The number of rotatable bonds is 3. The first-order chi connectivity index (χ1) is 13.1. The number of amides is 1. The van der Waals surface area contributed by atoms with Crippen LogP contribution in [0, 0.1) is 6.92 Å². The van der Waals surface area contributed by atoms with Gasteiger partial charge in [-0.15, -0.1) is 0 Å².